The maximum absolute atomic E-state index is 12.8. The number of aliphatic carboxylic acids is 1. The topological polar surface area (TPSA) is 74.7 Å². The SMILES string of the molecule is O=C(O)C[C@H](c1cccc(C(F)(F)F)c1)N1CCS(=O)(=O)CC1. The van der Waals surface area contributed by atoms with E-state index in [9.17, 15) is 26.4 Å². The van der Waals surface area contributed by atoms with Gasteiger partial charge in [0.05, 0.1) is 23.5 Å². The first-order chi connectivity index (χ1) is 10.6. The molecule has 0 aliphatic carbocycles. The monoisotopic (exact) mass is 351 g/mol. The lowest BCUT2D eigenvalue weighted by atomic mass is 9.99. The Hall–Kier alpha value is -1.61. The number of alkyl halides is 3. The molecule has 0 spiro atoms. The number of carboxylic acids is 1. The second-order valence-electron chi connectivity index (χ2n) is 5.42. The smallest absolute Gasteiger partial charge is 0.416 e. The number of carboxylic acid groups (broad SMARTS) is 1. The second kappa shape index (κ2) is 6.48. The molecule has 5 nitrogen and oxygen atoms in total. The van der Waals surface area contributed by atoms with Gasteiger partial charge in [0, 0.05) is 19.1 Å². The molecule has 0 saturated carbocycles. The minimum Gasteiger partial charge on any atom is -0.481 e. The molecule has 0 radical (unpaired) electrons. The molecule has 2 rings (SSSR count). The molecule has 1 fully saturated rings. The molecular formula is C14H16F3NO4S. The minimum atomic E-state index is -4.52. The highest BCUT2D eigenvalue weighted by Gasteiger charge is 2.33. The van der Waals surface area contributed by atoms with Crippen LogP contribution in [0.5, 0.6) is 0 Å². The fourth-order valence-electron chi connectivity index (χ4n) is 2.58. The van der Waals surface area contributed by atoms with Crippen LogP contribution in [0.1, 0.15) is 23.6 Å². The van der Waals surface area contributed by atoms with Gasteiger partial charge in [0.2, 0.25) is 0 Å². The Bertz CT molecular complexity index is 674. The molecule has 1 heterocycles. The van der Waals surface area contributed by atoms with E-state index < -0.39 is 33.6 Å². The van der Waals surface area contributed by atoms with Crippen LogP contribution in [-0.4, -0.2) is 49.0 Å². The zero-order valence-corrected chi connectivity index (χ0v) is 12.9. The molecule has 23 heavy (non-hydrogen) atoms. The highest BCUT2D eigenvalue weighted by Crippen LogP contribution is 2.33. The van der Waals surface area contributed by atoms with E-state index >= 15 is 0 Å². The van der Waals surface area contributed by atoms with Crippen molar-refractivity contribution in [1.82, 2.24) is 4.90 Å². The van der Waals surface area contributed by atoms with Gasteiger partial charge in [-0.25, -0.2) is 8.42 Å². The van der Waals surface area contributed by atoms with Crippen molar-refractivity contribution in [3.63, 3.8) is 0 Å². The molecule has 0 aromatic heterocycles. The first-order valence-electron chi connectivity index (χ1n) is 6.92. The van der Waals surface area contributed by atoms with Crippen LogP contribution in [0.3, 0.4) is 0 Å². The van der Waals surface area contributed by atoms with Crippen molar-refractivity contribution in [3.05, 3.63) is 35.4 Å². The van der Waals surface area contributed by atoms with Gasteiger partial charge in [-0.1, -0.05) is 12.1 Å². The van der Waals surface area contributed by atoms with Gasteiger partial charge in [0.15, 0.2) is 9.84 Å². The molecule has 1 aromatic carbocycles. The van der Waals surface area contributed by atoms with Gasteiger partial charge in [-0.3, -0.25) is 9.69 Å². The maximum Gasteiger partial charge on any atom is 0.416 e. The van der Waals surface area contributed by atoms with Crippen LogP contribution in [0.15, 0.2) is 24.3 Å². The van der Waals surface area contributed by atoms with E-state index in [0.717, 1.165) is 12.1 Å². The lowest BCUT2D eigenvalue weighted by molar-refractivity contribution is -0.138. The van der Waals surface area contributed by atoms with Crippen LogP contribution in [0, 0.1) is 0 Å². The standard InChI is InChI=1S/C14H16F3NO4S/c15-14(16,17)11-3-1-2-10(8-11)12(9-13(19)20)18-4-6-23(21,22)7-5-18/h1-3,8,12H,4-7,9H2,(H,19,20)/t12-/m1/s1. The fourth-order valence-corrected chi connectivity index (χ4v) is 3.81. The summed E-state index contributed by atoms with van der Waals surface area (Å²) in [5.41, 5.74) is -0.628. The van der Waals surface area contributed by atoms with Gasteiger partial charge >= 0.3 is 12.1 Å². The first-order valence-corrected chi connectivity index (χ1v) is 8.74. The van der Waals surface area contributed by atoms with E-state index in [1.807, 2.05) is 0 Å². The fraction of sp³-hybridized carbons (Fsp3) is 0.500. The number of hydrogen-bond donors (Lipinski definition) is 1. The highest BCUT2D eigenvalue weighted by atomic mass is 32.2. The van der Waals surface area contributed by atoms with Crippen LogP contribution in [-0.2, 0) is 20.8 Å². The van der Waals surface area contributed by atoms with Gasteiger partial charge in [0.1, 0.15) is 0 Å². The van der Waals surface area contributed by atoms with Crippen molar-refractivity contribution >= 4 is 15.8 Å². The summed E-state index contributed by atoms with van der Waals surface area (Å²) in [6.07, 6.45) is -4.91. The van der Waals surface area contributed by atoms with Gasteiger partial charge in [-0.2, -0.15) is 13.2 Å². The van der Waals surface area contributed by atoms with Crippen molar-refractivity contribution in [2.75, 3.05) is 24.6 Å². The van der Waals surface area contributed by atoms with Crippen LogP contribution in [0.25, 0.3) is 0 Å². The molecule has 1 aromatic rings. The second-order valence-corrected chi connectivity index (χ2v) is 7.73. The molecule has 1 aliphatic heterocycles. The van der Waals surface area contributed by atoms with Crippen molar-refractivity contribution in [2.45, 2.75) is 18.6 Å². The number of sulfone groups is 1. The Morgan fingerprint density at radius 1 is 1.26 bits per heavy atom. The molecule has 0 bridgehead atoms. The van der Waals surface area contributed by atoms with E-state index in [2.05, 4.69) is 0 Å². The van der Waals surface area contributed by atoms with Crippen LogP contribution in [0.4, 0.5) is 13.2 Å². The Kier molecular flexibility index (Phi) is 5.00. The zero-order chi connectivity index (χ0) is 17.3. The number of benzene rings is 1. The number of rotatable bonds is 4. The van der Waals surface area contributed by atoms with E-state index in [4.69, 9.17) is 5.11 Å². The average molecular weight is 351 g/mol. The summed E-state index contributed by atoms with van der Waals surface area (Å²) in [5.74, 6) is -1.40. The summed E-state index contributed by atoms with van der Waals surface area (Å²) < 4.78 is 61.4. The Labute approximate surface area is 131 Å². The predicted octanol–water partition coefficient (Wildman–Crippen LogP) is 1.95. The molecule has 1 atom stereocenters. The van der Waals surface area contributed by atoms with Crippen LogP contribution >= 0.6 is 0 Å². The Morgan fingerprint density at radius 2 is 1.87 bits per heavy atom. The van der Waals surface area contributed by atoms with E-state index in [1.54, 1.807) is 4.90 Å². The summed E-state index contributed by atoms with van der Waals surface area (Å²) in [4.78, 5) is 12.7. The molecule has 1 N–H and O–H groups in total. The van der Waals surface area contributed by atoms with Crippen molar-refractivity contribution in [1.29, 1.82) is 0 Å². The van der Waals surface area contributed by atoms with Gasteiger partial charge < -0.3 is 5.11 Å². The van der Waals surface area contributed by atoms with Gasteiger partial charge in [-0.05, 0) is 17.7 Å². The summed E-state index contributed by atoms with van der Waals surface area (Å²) in [7, 11) is -3.16. The Balaban J connectivity index is 2.30. The number of carbonyl (C=O) groups is 1. The third kappa shape index (κ3) is 4.68. The van der Waals surface area contributed by atoms with Crippen molar-refractivity contribution in [3.8, 4) is 0 Å². The van der Waals surface area contributed by atoms with Crippen molar-refractivity contribution in [2.24, 2.45) is 0 Å². The van der Waals surface area contributed by atoms with Crippen LogP contribution < -0.4 is 0 Å². The normalized spacial score (nSPS) is 20.1. The Morgan fingerprint density at radius 3 is 2.39 bits per heavy atom. The minimum absolute atomic E-state index is 0.108. The first kappa shape index (κ1) is 17.7. The van der Waals surface area contributed by atoms with E-state index in [1.165, 1.54) is 12.1 Å². The summed E-state index contributed by atoms with van der Waals surface area (Å²) in [6.45, 7) is 0.215. The zero-order valence-electron chi connectivity index (χ0n) is 12.1. The van der Waals surface area contributed by atoms with E-state index in [-0.39, 0.29) is 36.6 Å². The largest absolute Gasteiger partial charge is 0.481 e. The third-order valence-electron chi connectivity index (χ3n) is 3.79. The molecule has 1 aliphatic rings. The summed E-state index contributed by atoms with van der Waals surface area (Å²) in [5, 5.41) is 9.04. The maximum atomic E-state index is 12.8. The molecule has 9 heteroatoms. The molecule has 128 valence electrons. The average Bonchev–Trinajstić information content (AvgIpc) is 2.44. The lowest BCUT2D eigenvalue weighted by Gasteiger charge is -2.34. The lowest BCUT2D eigenvalue weighted by Crippen LogP contribution is -2.43. The molecular weight excluding hydrogens is 335 g/mol. The van der Waals surface area contributed by atoms with Crippen LogP contribution in [0.2, 0.25) is 0 Å². The number of hydrogen-bond acceptors (Lipinski definition) is 4. The summed E-state index contributed by atoms with van der Waals surface area (Å²) >= 11 is 0. The molecule has 0 amide bonds. The number of halogens is 3. The predicted molar refractivity (Wildman–Crippen MR) is 76.7 cm³/mol. The molecule has 0 unspecified atom stereocenters. The third-order valence-corrected chi connectivity index (χ3v) is 5.40. The van der Waals surface area contributed by atoms with E-state index in [0.29, 0.717) is 0 Å². The van der Waals surface area contributed by atoms with Gasteiger partial charge in [0.25, 0.3) is 0 Å². The highest BCUT2D eigenvalue weighted by molar-refractivity contribution is 7.91. The van der Waals surface area contributed by atoms with Gasteiger partial charge in [-0.15, -0.1) is 0 Å². The number of nitrogens with zero attached hydrogens (tertiary/aromatic N) is 1. The quantitative estimate of drug-likeness (QED) is 0.897. The van der Waals surface area contributed by atoms with Crippen molar-refractivity contribution < 1.29 is 31.5 Å². The molecule has 1 saturated heterocycles. The summed E-state index contributed by atoms with van der Waals surface area (Å²) in [6, 6.07) is 3.73.